The minimum Gasteiger partial charge on any atom is -0.481 e. The molecule has 0 heterocycles. The summed E-state index contributed by atoms with van der Waals surface area (Å²) in [5, 5.41) is 41.8. The summed E-state index contributed by atoms with van der Waals surface area (Å²) < 4.78 is 5.29. The first-order valence-electron chi connectivity index (χ1n) is 11.8. The molecule has 0 aromatic carbocycles. The lowest BCUT2D eigenvalue weighted by molar-refractivity contribution is -0.541. The number of unbranched alkanes of at least 4 members (excludes halogenated alkanes) is 1. The van der Waals surface area contributed by atoms with Gasteiger partial charge in [0.05, 0.1) is 24.4 Å². The topological polar surface area (TPSA) is 206 Å². The molecule has 2 N–H and O–H groups in total. The first-order chi connectivity index (χ1) is 16.6. The van der Waals surface area contributed by atoms with Gasteiger partial charge in [0.2, 0.25) is 18.4 Å². The lowest BCUT2D eigenvalue weighted by atomic mass is 9.76. The molecule has 2 aliphatic rings. The first kappa shape index (κ1) is 28.4. The van der Waals surface area contributed by atoms with Gasteiger partial charge in [-0.1, -0.05) is 13.3 Å². The lowest BCUT2D eigenvalue weighted by Gasteiger charge is -2.31. The number of carboxylic acid groups (broad SMARTS) is 2. The third-order valence-corrected chi connectivity index (χ3v) is 6.81. The van der Waals surface area contributed by atoms with Gasteiger partial charge in [-0.3, -0.25) is 34.6 Å². The van der Waals surface area contributed by atoms with Crippen molar-refractivity contribution in [3.8, 4) is 0 Å². The Bertz CT molecular complexity index is 746. The highest BCUT2D eigenvalue weighted by molar-refractivity contribution is 5.82. The predicted molar refractivity (Wildman–Crippen MR) is 115 cm³/mol. The number of hydrogen-bond donors (Lipinski definition) is 2. The molecule has 0 saturated heterocycles. The number of rotatable bonds is 13. The number of hydrogen-bond acceptors (Lipinski definition) is 10. The van der Waals surface area contributed by atoms with Gasteiger partial charge in [-0.2, -0.15) is 4.89 Å². The molecule has 14 heteroatoms. The number of nitro groups is 2. The Labute approximate surface area is 201 Å². The van der Waals surface area contributed by atoms with E-state index in [1.807, 2.05) is 6.92 Å². The lowest BCUT2D eigenvalue weighted by Crippen LogP contribution is -2.47. The van der Waals surface area contributed by atoms with Crippen molar-refractivity contribution in [3.05, 3.63) is 20.2 Å². The number of carbonyl (C=O) groups is 3. The number of aliphatic carboxylic acids is 2. The van der Waals surface area contributed by atoms with Gasteiger partial charge in [0, 0.05) is 29.1 Å². The summed E-state index contributed by atoms with van der Waals surface area (Å²) in [6, 6.07) is -2.55. The molecule has 0 radical (unpaired) electrons. The summed E-state index contributed by atoms with van der Waals surface area (Å²) in [6.45, 7) is 1.42. The van der Waals surface area contributed by atoms with E-state index in [1.165, 1.54) is 0 Å². The van der Waals surface area contributed by atoms with E-state index >= 15 is 0 Å². The number of ether oxygens (including phenoxy) is 1. The Hall–Kier alpha value is -2.87. The normalized spacial score (nSPS) is 29.6. The molecular weight excluding hydrogens is 472 g/mol. The highest BCUT2D eigenvalue weighted by Gasteiger charge is 2.50. The van der Waals surface area contributed by atoms with E-state index in [0.29, 0.717) is 19.3 Å². The van der Waals surface area contributed by atoms with Crippen LogP contribution in [0.2, 0.25) is 0 Å². The van der Waals surface area contributed by atoms with E-state index in [1.54, 1.807) is 0 Å². The van der Waals surface area contributed by atoms with Crippen molar-refractivity contribution in [2.24, 2.45) is 23.7 Å². The fourth-order valence-corrected chi connectivity index (χ4v) is 4.95. The quantitative estimate of drug-likeness (QED) is 0.122. The fraction of sp³-hybridized carbons (Fsp3) is 0.857. The van der Waals surface area contributed by atoms with E-state index in [4.69, 9.17) is 14.5 Å². The molecule has 7 unspecified atom stereocenters. The van der Waals surface area contributed by atoms with Crippen LogP contribution in [0, 0.1) is 43.9 Å². The van der Waals surface area contributed by atoms with Gasteiger partial charge >= 0.3 is 17.9 Å². The zero-order chi connectivity index (χ0) is 26.1. The van der Waals surface area contributed by atoms with E-state index in [2.05, 4.69) is 0 Å². The summed E-state index contributed by atoms with van der Waals surface area (Å²) in [7, 11) is 0. The molecular formula is C21H32N2O12. The summed E-state index contributed by atoms with van der Waals surface area (Å²) >= 11 is 0. The third-order valence-electron chi connectivity index (χ3n) is 6.81. The minimum absolute atomic E-state index is 0.0358. The van der Waals surface area contributed by atoms with Crippen molar-refractivity contribution in [2.45, 2.75) is 83.1 Å². The van der Waals surface area contributed by atoms with Gasteiger partial charge in [-0.15, -0.1) is 0 Å². The van der Waals surface area contributed by atoms with Gasteiger partial charge in [-0.25, -0.2) is 4.89 Å². The smallest absolute Gasteiger partial charge is 0.319 e. The van der Waals surface area contributed by atoms with Crippen LogP contribution >= 0.6 is 0 Å². The SMILES string of the molecule is CCCCC(OOCC1C(C(=O)O)CCCC1[N+](=O)[O-])OC(=O)C1C(C(=O)O)CCCC1[N+](=O)[O-]. The summed E-state index contributed by atoms with van der Waals surface area (Å²) in [5.74, 6) is -8.35. The van der Waals surface area contributed by atoms with Crippen LogP contribution in [0.1, 0.15) is 64.7 Å². The van der Waals surface area contributed by atoms with Crippen LogP contribution in [0.15, 0.2) is 0 Å². The molecule has 198 valence electrons. The van der Waals surface area contributed by atoms with Gasteiger partial charge in [0.1, 0.15) is 5.92 Å². The Kier molecular flexibility index (Phi) is 10.8. The molecule has 0 aliphatic heterocycles. The fourth-order valence-electron chi connectivity index (χ4n) is 4.95. The van der Waals surface area contributed by atoms with Crippen molar-refractivity contribution in [2.75, 3.05) is 6.61 Å². The highest BCUT2D eigenvalue weighted by atomic mass is 17.2. The van der Waals surface area contributed by atoms with E-state index in [9.17, 15) is 44.8 Å². The number of nitrogens with zero attached hydrogens (tertiary/aromatic N) is 2. The molecule has 7 atom stereocenters. The molecule has 2 saturated carbocycles. The average Bonchev–Trinajstić information content (AvgIpc) is 2.81. The standard InChI is InChI=1S/C21H32N2O12/c1-2-3-10-17(34-21(28)18-13(20(26)27)7-5-9-16(18)23(31)32)35-33-11-14-12(19(24)25)6-4-8-15(14)22(29)30/h12-18H,2-11H2,1H3,(H,24,25)(H,26,27). The van der Waals surface area contributed by atoms with Crippen LogP contribution in [-0.2, 0) is 28.9 Å². The second-order valence-electron chi connectivity index (χ2n) is 9.04. The number of carboxylic acids is 2. The Morgan fingerprint density at radius 3 is 2.06 bits per heavy atom. The zero-order valence-electron chi connectivity index (χ0n) is 19.5. The van der Waals surface area contributed by atoms with Crippen LogP contribution in [0.25, 0.3) is 0 Å². The third kappa shape index (κ3) is 7.56. The van der Waals surface area contributed by atoms with Crippen LogP contribution in [0.5, 0.6) is 0 Å². The molecule has 2 aliphatic carbocycles. The van der Waals surface area contributed by atoms with Gasteiger partial charge < -0.3 is 14.9 Å². The Morgan fingerprint density at radius 1 is 0.943 bits per heavy atom. The van der Waals surface area contributed by atoms with Gasteiger partial charge in [0.25, 0.3) is 0 Å². The minimum atomic E-state index is -1.50. The first-order valence-corrected chi connectivity index (χ1v) is 11.8. The van der Waals surface area contributed by atoms with Crippen molar-refractivity contribution in [1.29, 1.82) is 0 Å². The second kappa shape index (κ2) is 13.3. The highest BCUT2D eigenvalue weighted by Crippen LogP contribution is 2.35. The molecule has 0 spiro atoms. The molecule has 35 heavy (non-hydrogen) atoms. The predicted octanol–water partition coefficient (Wildman–Crippen LogP) is 2.29. The summed E-state index contributed by atoms with van der Waals surface area (Å²) in [4.78, 5) is 68.0. The molecule has 14 nitrogen and oxygen atoms in total. The van der Waals surface area contributed by atoms with Crippen LogP contribution in [-0.4, -0.2) is 62.9 Å². The Morgan fingerprint density at radius 2 is 1.51 bits per heavy atom. The molecule has 0 amide bonds. The average molecular weight is 504 g/mol. The van der Waals surface area contributed by atoms with E-state index in [-0.39, 0.29) is 38.5 Å². The summed E-state index contributed by atoms with van der Waals surface area (Å²) in [5.41, 5.74) is 0. The van der Waals surface area contributed by atoms with Crippen LogP contribution in [0.4, 0.5) is 0 Å². The largest absolute Gasteiger partial charge is 0.481 e. The van der Waals surface area contributed by atoms with Gasteiger partial charge in [-0.05, 0) is 32.1 Å². The van der Waals surface area contributed by atoms with E-state index < -0.39 is 76.4 Å². The summed E-state index contributed by atoms with van der Waals surface area (Å²) in [6.07, 6.45) is 1.21. The van der Waals surface area contributed by atoms with Crippen molar-refractivity contribution >= 4 is 17.9 Å². The van der Waals surface area contributed by atoms with E-state index in [0.717, 1.165) is 0 Å². The number of esters is 1. The molecule has 0 bridgehead atoms. The van der Waals surface area contributed by atoms with Crippen LogP contribution in [0.3, 0.4) is 0 Å². The molecule has 2 rings (SSSR count). The zero-order valence-corrected chi connectivity index (χ0v) is 19.5. The van der Waals surface area contributed by atoms with Crippen LogP contribution < -0.4 is 0 Å². The van der Waals surface area contributed by atoms with Crippen molar-refractivity contribution in [1.82, 2.24) is 0 Å². The molecule has 0 aromatic rings. The maximum Gasteiger partial charge on any atom is 0.319 e. The molecule has 0 aromatic heterocycles. The maximum atomic E-state index is 12.9. The monoisotopic (exact) mass is 504 g/mol. The molecule has 2 fully saturated rings. The van der Waals surface area contributed by atoms with Gasteiger partial charge in [0.15, 0.2) is 0 Å². The number of carbonyl (C=O) groups excluding carboxylic acids is 1. The second-order valence-corrected chi connectivity index (χ2v) is 9.04. The van der Waals surface area contributed by atoms with Crippen molar-refractivity contribution < 1.29 is 49.0 Å². The van der Waals surface area contributed by atoms with Crippen molar-refractivity contribution in [3.63, 3.8) is 0 Å². The maximum absolute atomic E-state index is 12.9. The Balaban J connectivity index is 2.09.